The molecular weight excluding hydrogens is 372 g/mol. The Balaban J connectivity index is 0.000000569. The second kappa shape index (κ2) is 13.9. The smallest absolute Gasteiger partial charge is 0.427 e. The number of ether oxygens (including phenoxy) is 1. The summed E-state index contributed by atoms with van der Waals surface area (Å²) in [6.45, 7) is 6.17. The third-order valence-electron chi connectivity index (χ3n) is 3.80. The minimum absolute atomic E-state index is 0.0417. The van der Waals surface area contributed by atoms with E-state index in [1.54, 1.807) is 0 Å². The van der Waals surface area contributed by atoms with Gasteiger partial charge in [0.1, 0.15) is 12.3 Å². The van der Waals surface area contributed by atoms with Gasteiger partial charge in [-0.2, -0.15) is 8.42 Å². The largest absolute Gasteiger partial charge is 0.858 e. The maximum absolute atomic E-state index is 10.4. The number of hydrogen-bond acceptors (Lipinski definition) is 6. The zero-order valence-corrected chi connectivity index (χ0v) is 18.0. The van der Waals surface area contributed by atoms with E-state index in [0.29, 0.717) is 6.73 Å². The first-order chi connectivity index (χ1) is 12.6. The van der Waals surface area contributed by atoms with E-state index in [0.717, 1.165) is 23.7 Å². The minimum Gasteiger partial charge on any atom is -0.858 e. The second-order valence-electron chi connectivity index (χ2n) is 7.24. The molecule has 27 heavy (non-hydrogen) atoms. The summed E-state index contributed by atoms with van der Waals surface area (Å²) >= 11 is 0. The molecule has 0 radical (unpaired) electrons. The summed E-state index contributed by atoms with van der Waals surface area (Å²) in [6.07, 6.45) is 10.3. The van der Waals surface area contributed by atoms with Crippen molar-refractivity contribution in [2.75, 3.05) is 40.6 Å². The predicted octanol–water partition coefficient (Wildman–Crippen LogP) is 1.70. The van der Waals surface area contributed by atoms with Gasteiger partial charge in [-0.15, -0.1) is 4.40 Å². The third kappa shape index (κ3) is 15.6. The highest BCUT2D eigenvalue weighted by molar-refractivity contribution is 7.85. The van der Waals surface area contributed by atoms with Crippen LogP contribution in [0.25, 0.3) is 0 Å². The van der Waals surface area contributed by atoms with E-state index in [4.69, 9.17) is 9.84 Å². The molecule has 0 aromatic rings. The van der Waals surface area contributed by atoms with Gasteiger partial charge in [-0.05, 0) is 19.4 Å². The van der Waals surface area contributed by atoms with Gasteiger partial charge in [0.15, 0.2) is 6.73 Å². The van der Waals surface area contributed by atoms with Crippen molar-refractivity contribution >= 4 is 16.2 Å². The molecule has 0 fully saturated rings. The van der Waals surface area contributed by atoms with Crippen molar-refractivity contribution < 1.29 is 32.0 Å². The van der Waals surface area contributed by atoms with Gasteiger partial charge >= 0.3 is 10.3 Å². The van der Waals surface area contributed by atoms with Crippen LogP contribution in [0, 0.1) is 0 Å². The van der Waals surface area contributed by atoms with Gasteiger partial charge in [0.05, 0.1) is 27.3 Å². The standard InChI is InChI=1S/C14H32NO2.C4H5NO4S/c1-4-5-6-7-8-9-10-13-17-14-15(2,3)11-12-16;1-3-2-4(6)5-10(7,8)9-3/h16H,4-14H2,1-3H3;2H,1H3,(H,5,6)/q+1;/p-1. The lowest BCUT2D eigenvalue weighted by molar-refractivity contribution is -0.910. The van der Waals surface area contributed by atoms with Gasteiger partial charge in [0, 0.05) is 5.90 Å². The van der Waals surface area contributed by atoms with Crippen LogP contribution in [0.5, 0.6) is 0 Å². The van der Waals surface area contributed by atoms with E-state index in [1.807, 2.05) is 0 Å². The molecule has 160 valence electrons. The third-order valence-corrected chi connectivity index (χ3v) is 4.68. The highest BCUT2D eigenvalue weighted by Gasteiger charge is 2.13. The molecule has 1 heterocycles. The summed E-state index contributed by atoms with van der Waals surface area (Å²) in [4.78, 5) is 0. The number of hydrogen-bond donors (Lipinski definition) is 1. The van der Waals surface area contributed by atoms with Crippen LogP contribution >= 0.6 is 0 Å². The number of nitrogens with zero attached hydrogens (tertiary/aromatic N) is 2. The summed E-state index contributed by atoms with van der Waals surface area (Å²) in [5.74, 6) is -0.760. The molecule has 0 bridgehead atoms. The zero-order chi connectivity index (χ0) is 20.8. The van der Waals surface area contributed by atoms with Gasteiger partial charge < -0.3 is 23.6 Å². The zero-order valence-electron chi connectivity index (χ0n) is 17.1. The fourth-order valence-electron chi connectivity index (χ4n) is 2.33. The molecule has 1 N–H and O–H groups in total. The minimum atomic E-state index is -3.97. The molecule has 1 aliphatic heterocycles. The number of unbranched alkanes of at least 4 members (excludes halogenated alkanes) is 6. The number of quaternary nitrogens is 1. The fraction of sp³-hybridized carbons (Fsp3) is 0.833. The second-order valence-corrected chi connectivity index (χ2v) is 8.44. The average molecular weight is 409 g/mol. The first-order valence-electron chi connectivity index (χ1n) is 9.52. The molecule has 0 saturated heterocycles. The summed E-state index contributed by atoms with van der Waals surface area (Å²) in [7, 11) is 0.195. The normalized spacial score (nSPS) is 15.9. The summed E-state index contributed by atoms with van der Waals surface area (Å²) in [6, 6.07) is 0. The molecule has 1 rings (SSSR count). The Hall–Kier alpha value is -1.16. The SMILES string of the molecule is CC1=CC([O-])=NS(=O)(=O)O1.CCCCCCCCCOC[N+](C)(C)CCO. The summed E-state index contributed by atoms with van der Waals surface area (Å²) < 4.78 is 34.1. The number of allylic oxidation sites excluding steroid dienone is 1. The molecule has 0 atom stereocenters. The Labute approximate surface area is 164 Å². The Morgan fingerprint density at radius 3 is 2.30 bits per heavy atom. The molecule has 1 aliphatic rings. The van der Waals surface area contributed by atoms with E-state index in [1.165, 1.54) is 51.9 Å². The number of aliphatic hydroxyl groups is 1. The Bertz CT molecular complexity index is 558. The molecule has 8 nitrogen and oxygen atoms in total. The molecule has 0 spiro atoms. The van der Waals surface area contributed by atoms with Crippen molar-refractivity contribution in [3.63, 3.8) is 0 Å². The lowest BCUT2D eigenvalue weighted by Crippen LogP contribution is -2.43. The van der Waals surface area contributed by atoms with Crippen molar-refractivity contribution in [2.24, 2.45) is 4.40 Å². The first-order valence-corrected chi connectivity index (χ1v) is 10.9. The van der Waals surface area contributed by atoms with E-state index < -0.39 is 16.2 Å². The van der Waals surface area contributed by atoms with Crippen molar-refractivity contribution in [3.8, 4) is 0 Å². The number of rotatable bonds is 12. The topological polar surface area (TPSA) is 108 Å². The van der Waals surface area contributed by atoms with Crippen LogP contribution in [0.4, 0.5) is 0 Å². The molecule has 0 aromatic carbocycles. The van der Waals surface area contributed by atoms with Gasteiger partial charge in [0.2, 0.25) is 0 Å². The summed E-state index contributed by atoms with van der Waals surface area (Å²) in [5.41, 5.74) is 0. The fourth-order valence-corrected chi connectivity index (χ4v) is 3.02. The van der Waals surface area contributed by atoms with Crippen LogP contribution in [-0.4, -0.2) is 64.5 Å². The van der Waals surface area contributed by atoms with Gasteiger partial charge in [0.25, 0.3) is 0 Å². The van der Waals surface area contributed by atoms with Gasteiger partial charge in [-0.25, -0.2) is 0 Å². The molecule has 0 aromatic heterocycles. The molecule has 9 heteroatoms. The predicted molar refractivity (Wildman–Crippen MR) is 104 cm³/mol. The molecule has 0 unspecified atom stereocenters. The monoisotopic (exact) mass is 408 g/mol. The highest BCUT2D eigenvalue weighted by atomic mass is 32.2. The van der Waals surface area contributed by atoms with Crippen LogP contribution in [0.2, 0.25) is 0 Å². The van der Waals surface area contributed by atoms with Gasteiger partial charge in [-0.1, -0.05) is 45.4 Å². The van der Waals surface area contributed by atoms with Crippen LogP contribution < -0.4 is 5.11 Å². The maximum Gasteiger partial charge on any atom is 0.427 e. The van der Waals surface area contributed by atoms with E-state index in [2.05, 4.69) is 29.6 Å². The lowest BCUT2D eigenvalue weighted by atomic mass is 10.1. The van der Waals surface area contributed by atoms with Crippen molar-refractivity contribution in [1.29, 1.82) is 0 Å². The van der Waals surface area contributed by atoms with Crippen LogP contribution in [0.1, 0.15) is 58.8 Å². The van der Waals surface area contributed by atoms with E-state index in [9.17, 15) is 13.5 Å². The lowest BCUT2D eigenvalue weighted by Gasteiger charge is -2.28. The quantitative estimate of drug-likeness (QED) is 0.299. The van der Waals surface area contributed by atoms with Crippen molar-refractivity contribution in [1.82, 2.24) is 0 Å². The molecule has 0 saturated carbocycles. The first kappa shape index (κ1) is 25.8. The number of aliphatic hydroxyl groups excluding tert-OH is 1. The van der Waals surface area contributed by atoms with Crippen LogP contribution in [0.15, 0.2) is 16.2 Å². The number of likely N-dealkylation sites (N-methyl/N-ethyl adjacent to an activating group) is 1. The van der Waals surface area contributed by atoms with Gasteiger partial charge in [-0.3, -0.25) is 0 Å². The molecule has 0 aliphatic carbocycles. The van der Waals surface area contributed by atoms with E-state index >= 15 is 0 Å². The summed E-state index contributed by atoms with van der Waals surface area (Å²) in [5, 5.41) is 19.3. The Morgan fingerprint density at radius 2 is 1.78 bits per heavy atom. The average Bonchev–Trinajstić information content (AvgIpc) is 2.51. The van der Waals surface area contributed by atoms with E-state index in [-0.39, 0.29) is 12.4 Å². The van der Waals surface area contributed by atoms with Crippen molar-refractivity contribution in [3.05, 3.63) is 11.8 Å². The molecular formula is C18H36N2O6S. The maximum atomic E-state index is 10.4. The van der Waals surface area contributed by atoms with Crippen molar-refractivity contribution in [2.45, 2.75) is 58.8 Å². The van der Waals surface area contributed by atoms with Crippen LogP contribution in [0.3, 0.4) is 0 Å². The highest BCUT2D eigenvalue weighted by Crippen LogP contribution is 2.09. The van der Waals surface area contributed by atoms with Crippen LogP contribution in [-0.2, 0) is 19.2 Å². The Morgan fingerprint density at radius 1 is 1.19 bits per heavy atom. The Kier molecular flexibility index (Phi) is 13.3. The molecule has 0 amide bonds.